The monoisotopic (exact) mass is 215 g/mol. The molecule has 2 N–H and O–H groups in total. The Kier molecular flexibility index (Phi) is 2.95. The van der Waals surface area contributed by atoms with Gasteiger partial charge in [0, 0.05) is 18.3 Å². The van der Waals surface area contributed by atoms with Gasteiger partial charge in [-0.3, -0.25) is 0 Å². The molecule has 1 heterocycles. The van der Waals surface area contributed by atoms with Gasteiger partial charge in [-0.25, -0.2) is 4.98 Å². The number of hydrogen-bond acceptors (Lipinski definition) is 2. The summed E-state index contributed by atoms with van der Waals surface area (Å²) < 4.78 is 0. The van der Waals surface area contributed by atoms with Gasteiger partial charge in [-0.1, -0.05) is 31.2 Å². The Morgan fingerprint density at radius 2 is 1.94 bits per heavy atom. The second-order valence-electron chi connectivity index (χ2n) is 3.86. The predicted octanol–water partition coefficient (Wildman–Crippen LogP) is 2.99. The number of anilines is 1. The van der Waals surface area contributed by atoms with Crippen LogP contribution in [0.1, 0.15) is 18.2 Å². The van der Waals surface area contributed by atoms with Gasteiger partial charge in [0.25, 0.3) is 0 Å². The number of nitrogens with zero attached hydrogens (tertiary/aromatic N) is 1. The number of imidazole rings is 1. The molecule has 0 saturated carbocycles. The number of hydrogen-bond donors (Lipinski definition) is 2. The molecule has 2 aromatic rings. The number of aryl methyl sites for hydroxylation is 2. The zero-order valence-corrected chi connectivity index (χ0v) is 9.96. The Balaban J connectivity index is 2.38. The van der Waals surface area contributed by atoms with Crippen LogP contribution in [0.2, 0.25) is 0 Å². The van der Waals surface area contributed by atoms with Crippen LogP contribution < -0.4 is 5.32 Å². The van der Waals surface area contributed by atoms with E-state index in [0.717, 1.165) is 29.3 Å². The summed E-state index contributed by atoms with van der Waals surface area (Å²) in [6.45, 7) is 4.20. The van der Waals surface area contributed by atoms with Crippen LogP contribution in [-0.4, -0.2) is 17.0 Å². The van der Waals surface area contributed by atoms with Gasteiger partial charge in [0.1, 0.15) is 0 Å². The summed E-state index contributed by atoms with van der Waals surface area (Å²) >= 11 is 0. The molecule has 0 aliphatic heterocycles. The minimum Gasteiger partial charge on any atom is -0.359 e. The molecule has 0 saturated heterocycles. The van der Waals surface area contributed by atoms with Crippen molar-refractivity contribution in [2.75, 3.05) is 12.4 Å². The lowest BCUT2D eigenvalue weighted by molar-refractivity contribution is 1.14. The minimum absolute atomic E-state index is 0.812. The summed E-state index contributed by atoms with van der Waals surface area (Å²) in [7, 11) is 1.86. The fourth-order valence-corrected chi connectivity index (χ4v) is 1.76. The van der Waals surface area contributed by atoms with Crippen LogP contribution in [0, 0.1) is 6.92 Å². The van der Waals surface area contributed by atoms with Crippen LogP contribution in [-0.2, 0) is 6.42 Å². The number of nitrogens with one attached hydrogen (secondary N) is 2. The summed E-state index contributed by atoms with van der Waals surface area (Å²) in [6, 6.07) is 8.56. The first kappa shape index (κ1) is 10.7. The molecule has 0 fully saturated rings. The summed E-state index contributed by atoms with van der Waals surface area (Å²) in [5.41, 5.74) is 4.62. The molecule has 0 unspecified atom stereocenters. The Bertz CT molecular complexity index is 468. The van der Waals surface area contributed by atoms with Gasteiger partial charge in [0.15, 0.2) is 0 Å². The maximum atomic E-state index is 4.49. The average Bonchev–Trinajstić information content (AvgIpc) is 2.71. The highest BCUT2D eigenvalue weighted by Gasteiger charge is 2.07. The fourth-order valence-electron chi connectivity index (χ4n) is 1.76. The molecular weight excluding hydrogens is 198 g/mol. The van der Waals surface area contributed by atoms with Crippen molar-refractivity contribution in [3.8, 4) is 11.3 Å². The lowest BCUT2D eigenvalue weighted by Gasteiger charge is -2.00. The second kappa shape index (κ2) is 4.39. The highest BCUT2D eigenvalue weighted by Crippen LogP contribution is 2.23. The molecule has 1 aromatic heterocycles. The lowest BCUT2D eigenvalue weighted by atomic mass is 10.1. The normalized spacial score (nSPS) is 10.4. The van der Waals surface area contributed by atoms with E-state index < -0.39 is 0 Å². The molecule has 3 nitrogen and oxygen atoms in total. The summed E-state index contributed by atoms with van der Waals surface area (Å²) in [6.07, 6.45) is 1.07. The van der Waals surface area contributed by atoms with Crippen molar-refractivity contribution in [3.05, 3.63) is 35.5 Å². The first-order chi connectivity index (χ1) is 7.74. The maximum absolute atomic E-state index is 4.49. The van der Waals surface area contributed by atoms with Crippen LogP contribution in [0.15, 0.2) is 24.3 Å². The third-order valence-electron chi connectivity index (χ3n) is 2.76. The number of rotatable bonds is 3. The molecule has 84 valence electrons. The number of benzene rings is 1. The maximum Gasteiger partial charge on any atom is 0.200 e. The van der Waals surface area contributed by atoms with E-state index in [-0.39, 0.29) is 0 Å². The van der Waals surface area contributed by atoms with E-state index in [2.05, 4.69) is 46.5 Å². The quantitative estimate of drug-likeness (QED) is 0.826. The molecule has 0 atom stereocenters. The van der Waals surface area contributed by atoms with E-state index in [9.17, 15) is 0 Å². The van der Waals surface area contributed by atoms with Crippen molar-refractivity contribution in [1.29, 1.82) is 0 Å². The summed E-state index contributed by atoms with van der Waals surface area (Å²) in [4.78, 5) is 7.69. The molecule has 0 radical (unpaired) electrons. The van der Waals surface area contributed by atoms with Gasteiger partial charge in [-0.05, 0) is 18.9 Å². The highest BCUT2D eigenvalue weighted by molar-refractivity contribution is 5.64. The first-order valence-electron chi connectivity index (χ1n) is 5.58. The molecule has 0 aliphatic carbocycles. The molecule has 0 bridgehead atoms. The predicted molar refractivity (Wildman–Crippen MR) is 67.7 cm³/mol. The van der Waals surface area contributed by atoms with Gasteiger partial charge in [-0.2, -0.15) is 0 Å². The van der Waals surface area contributed by atoms with E-state index in [0.29, 0.717) is 0 Å². The van der Waals surface area contributed by atoms with E-state index in [4.69, 9.17) is 0 Å². The Hall–Kier alpha value is -1.77. The number of aromatic nitrogens is 2. The molecule has 1 aromatic carbocycles. The van der Waals surface area contributed by atoms with Crippen molar-refractivity contribution in [2.45, 2.75) is 20.3 Å². The molecule has 0 spiro atoms. The Morgan fingerprint density at radius 3 is 2.44 bits per heavy atom. The average molecular weight is 215 g/mol. The molecular formula is C13H17N3. The lowest BCUT2D eigenvalue weighted by Crippen LogP contribution is -1.89. The molecule has 0 amide bonds. The van der Waals surface area contributed by atoms with Gasteiger partial charge in [-0.15, -0.1) is 0 Å². The minimum atomic E-state index is 0.812. The molecule has 16 heavy (non-hydrogen) atoms. The van der Waals surface area contributed by atoms with E-state index in [1.165, 1.54) is 5.56 Å². The van der Waals surface area contributed by atoms with Gasteiger partial charge >= 0.3 is 0 Å². The molecule has 2 rings (SSSR count). The second-order valence-corrected chi connectivity index (χ2v) is 3.86. The van der Waals surface area contributed by atoms with Gasteiger partial charge in [0.2, 0.25) is 5.95 Å². The first-order valence-corrected chi connectivity index (χ1v) is 5.58. The molecule has 3 heteroatoms. The third-order valence-corrected chi connectivity index (χ3v) is 2.76. The Labute approximate surface area is 95.9 Å². The van der Waals surface area contributed by atoms with Crippen molar-refractivity contribution in [3.63, 3.8) is 0 Å². The number of aromatic amines is 1. The van der Waals surface area contributed by atoms with Crippen LogP contribution in [0.25, 0.3) is 11.3 Å². The van der Waals surface area contributed by atoms with Crippen LogP contribution in [0.3, 0.4) is 0 Å². The van der Waals surface area contributed by atoms with E-state index in [1.807, 2.05) is 14.0 Å². The van der Waals surface area contributed by atoms with Crippen molar-refractivity contribution in [1.82, 2.24) is 9.97 Å². The SMILES string of the molecule is CCc1ccc(-c2nc(NC)[nH]c2C)cc1. The van der Waals surface area contributed by atoms with Gasteiger partial charge in [0.05, 0.1) is 5.69 Å². The smallest absolute Gasteiger partial charge is 0.200 e. The number of H-pyrrole nitrogens is 1. The van der Waals surface area contributed by atoms with E-state index in [1.54, 1.807) is 0 Å². The van der Waals surface area contributed by atoms with Gasteiger partial charge < -0.3 is 10.3 Å². The zero-order chi connectivity index (χ0) is 11.5. The Morgan fingerprint density at radius 1 is 1.25 bits per heavy atom. The zero-order valence-electron chi connectivity index (χ0n) is 9.96. The van der Waals surface area contributed by atoms with Crippen molar-refractivity contribution in [2.24, 2.45) is 0 Å². The fraction of sp³-hybridized carbons (Fsp3) is 0.308. The van der Waals surface area contributed by atoms with Crippen molar-refractivity contribution >= 4 is 5.95 Å². The molecule has 0 aliphatic rings. The van der Waals surface area contributed by atoms with Crippen molar-refractivity contribution < 1.29 is 0 Å². The topological polar surface area (TPSA) is 40.7 Å². The van der Waals surface area contributed by atoms with E-state index >= 15 is 0 Å². The van der Waals surface area contributed by atoms with Crippen LogP contribution in [0.5, 0.6) is 0 Å². The largest absolute Gasteiger partial charge is 0.359 e. The summed E-state index contributed by atoms with van der Waals surface area (Å²) in [5.74, 6) is 0.812. The summed E-state index contributed by atoms with van der Waals surface area (Å²) in [5, 5.41) is 3.01. The van der Waals surface area contributed by atoms with Crippen LogP contribution in [0.4, 0.5) is 5.95 Å². The standard InChI is InChI=1S/C13H17N3/c1-4-10-5-7-11(8-6-10)12-9(2)15-13(14-3)16-12/h5-8H,4H2,1-3H3,(H2,14,15,16). The van der Waals surface area contributed by atoms with Crippen LogP contribution >= 0.6 is 0 Å². The third kappa shape index (κ3) is 1.94. The highest BCUT2D eigenvalue weighted by atomic mass is 15.1.